The molecule has 0 radical (unpaired) electrons. The molecule has 1 aromatic rings. The summed E-state index contributed by atoms with van der Waals surface area (Å²) in [6.07, 6.45) is 1.91. The highest BCUT2D eigenvalue weighted by atomic mass is 32.2. The van der Waals surface area contributed by atoms with E-state index in [0.29, 0.717) is 10.7 Å². The number of benzene rings is 1. The van der Waals surface area contributed by atoms with Gasteiger partial charge in [-0.25, -0.2) is 0 Å². The summed E-state index contributed by atoms with van der Waals surface area (Å²) in [4.78, 5) is 12.1. The molecule has 0 heterocycles. The van der Waals surface area contributed by atoms with Crippen LogP contribution in [-0.2, 0) is 22.0 Å². The zero-order valence-electron chi connectivity index (χ0n) is 11.0. The highest BCUT2D eigenvalue weighted by molar-refractivity contribution is 7.84. The van der Waals surface area contributed by atoms with Crippen LogP contribution >= 0.6 is 12.2 Å². The predicted molar refractivity (Wildman–Crippen MR) is 82.6 cm³/mol. The van der Waals surface area contributed by atoms with E-state index in [2.05, 4.69) is 5.32 Å². The Morgan fingerprint density at radius 1 is 1.42 bits per heavy atom. The third-order valence-corrected chi connectivity index (χ3v) is 3.70. The number of nitrogens with two attached hydrogens (primary N) is 1. The van der Waals surface area contributed by atoms with Crippen LogP contribution in [0.1, 0.15) is 18.1 Å². The Bertz CT molecular complexity index is 486. The summed E-state index contributed by atoms with van der Waals surface area (Å²) >= 11 is 4.86. The second kappa shape index (κ2) is 7.35. The van der Waals surface area contributed by atoms with Gasteiger partial charge in [-0.1, -0.05) is 36.5 Å². The number of carbonyl (C=O) groups excluding carboxylic acids is 1. The fourth-order valence-corrected chi connectivity index (χ4v) is 2.62. The lowest BCUT2D eigenvalue weighted by Crippen LogP contribution is -2.37. The van der Waals surface area contributed by atoms with Gasteiger partial charge in [0.15, 0.2) is 0 Å². The van der Waals surface area contributed by atoms with Crippen LogP contribution in [0.2, 0.25) is 0 Å². The van der Waals surface area contributed by atoms with E-state index in [1.54, 1.807) is 18.4 Å². The van der Waals surface area contributed by atoms with E-state index in [0.717, 1.165) is 11.1 Å². The molecule has 3 N–H and O–H groups in total. The van der Waals surface area contributed by atoms with Gasteiger partial charge in [0, 0.05) is 34.4 Å². The first-order valence-corrected chi connectivity index (χ1v) is 8.00. The van der Waals surface area contributed by atoms with Crippen molar-refractivity contribution in [2.75, 3.05) is 12.0 Å². The van der Waals surface area contributed by atoms with Gasteiger partial charge in [-0.15, -0.1) is 0 Å². The summed E-state index contributed by atoms with van der Waals surface area (Å²) in [6.45, 7) is 1.84. The van der Waals surface area contributed by atoms with Gasteiger partial charge in [-0.3, -0.25) is 9.00 Å². The number of rotatable bonds is 6. The zero-order valence-corrected chi connectivity index (χ0v) is 12.6. The SMILES string of the molecule is CC(CS(C)=O)NC(=O)Cc1ccc(C(N)=S)cc1. The molecule has 6 heteroatoms. The van der Waals surface area contributed by atoms with Crippen molar-refractivity contribution in [3.05, 3.63) is 35.4 Å². The van der Waals surface area contributed by atoms with E-state index in [-0.39, 0.29) is 18.4 Å². The summed E-state index contributed by atoms with van der Waals surface area (Å²) in [6, 6.07) is 7.17. The first-order chi connectivity index (χ1) is 8.88. The molecule has 0 spiro atoms. The lowest BCUT2D eigenvalue weighted by molar-refractivity contribution is -0.120. The minimum Gasteiger partial charge on any atom is -0.389 e. The number of carbonyl (C=O) groups is 1. The fraction of sp³-hybridized carbons (Fsp3) is 0.385. The maximum absolute atomic E-state index is 11.8. The van der Waals surface area contributed by atoms with Crippen LogP contribution < -0.4 is 11.1 Å². The van der Waals surface area contributed by atoms with E-state index >= 15 is 0 Å². The van der Waals surface area contributed by atoms with Crippen molar-refractivity contribution in [3.63, 3.8) is 0 Å². The van der Waals surface area contributed by atoms with E-state index in [9.17, 15) is 9.00 Å². The molecule has 1 rings (SSSR count). The van der Waals surface area contributed by atoms with Crippen LogP contribution in [0.25, 0.3) is 0 Å². The molecule has 19 heavy (non-hydrogen) atoms. The highest BCUT2D eigenvalue weighted by Crippen LogP contribution is 2.05. The first-order valence-electron chi connectivity index (χ1n) is 5.86. The molecule has 0 aromatic heterocycles. The quantitative estimate of drug-likeness (QED) is 0.760. The Morgan fingerprint density at radius 2 is 2.00 bits per heavy atom. The van der Waals surface area contributed by atoms with Crippen LogP contribution in [0.4, 0.5) is 0 Å². The number of nitrogens with one attached hydrogen (secondary N) is 1. The second-order valence-corrected chi connectivity index (χ2v) is 6.37. The van der Waals surface area contributed by atoms with Crippen molar-refractivity contribution in [1.29, 1.82) is 0 Å². The molecule has 2 atom stereocenters. The third kappa shape index (κ3) is 5.94. The van der Waals surface area contributed by atoms with Gasteiger partial charge in [0.25, 0.3) is 0 Å². The number of hydrogen-bond acceptors (Lipinski definition) is 3. The molecule has 0 bridgehead atoms. The Balaban J connectivity index is 2.52. The maximum Gasteiger partial charge on any atom is 0.224 e. The number of thiocarbonyl (C=S) groups is 1. The van der Waals surface area contributed by atoms with Crippen molar-refractivity contribution < 1.29 is 9.00 Å². The average Bonchev–Trinajstić information content (AvgIpc) is 2.27. The van der Waals surface area contributed by atoms with E-state index in [1.807, 2.05) is 19.1 Å². The molecule has 2 unspecified atom stereocenters. The summed E-state index contributed by atoms with van der Waals surface area (Å²) < 4.78 is 11.0. The van der Waals surface area contributed by atoms with Crippen molar-refractivity contribution >= 4 is 33.9 Å². The molecule has 4 nitrogen and oxygen atoms in total. The molecule has 104 valence electrons. The minimum absolute atomic E-state index is 0.0824. The van der Waals surface area contributed by atoms with Gasteiger partial charge in [0.2, 0.25) is 5.91 Å². The van der Waals surface area contributed by atoms with Gasteiger partial charge >= 0.3 is 0 Å². The van der Waals surface area contributed by atoms with Gasteiger partial charge in [-0.2, -0.15) is 0 Å². The maximum atomic E-state index is 11.8. The van der Waals surface area contributed by atoms with Crippen molar-refractivity contribution in [1.82, 2.24) is 5.32 Å². The van der Waals surface area contributed by atoms with Crippen LogP contribution in [0.5, 0.6) is 0 Å². The van der Waals surface area contributed by atoms with E-state index < -0.39 is 10.8 Å². The Hall–Kier alpha value is -1.27. The monoisotopic (exact) mass is 298 g/mol. The van der Waals surface area contributed by atoms with Crippen LogP contribution in [-0.4, -0.2) is 33.2 Å². The zero-order chi connectivity index (χ0) is 14.4. The molecule has 0 aliphatic carbocycles. The lowest BCUT2D eigenvalue weighted by atomic mass is 10.1. The molecule has 0 aliphatic heterocycles. The summed E-state index contributed by atoms with van der Waals surface area (Å²) in [7, 11) is -0.910. The average molecular weight is 298 g/mol. The normalized spacial score (nSPS) is 13.6. The molecule has 0 aliphatic rings. The molecular weight excluding hydrogens is 280 g/mol. The van der Waals surface area contributed by atoms with Crippen LogP contribution in [0, 0.1) is 0 Å². The van der Waals surface area contributed by atoms with Crippen molar-refractivity contribution in [2.45, 2.75) is 19.4 Å². The predicted octanol–water partition coefficient (Wildman–Crippen LogP) is 0.746. The standard InChI is InChI=1S/C13H18N2O2S2/c1-9(8-19(2)17)15-12(16)7-10-3-5-11(6-4-10)13(14)18/h3-6,9H,7-8H2,1-2H3,(H2,14,18)(H,15,16). The Kier molecular flexibility index (Phi) is 6.11. The molecular formula is C13H18N2O2S2. The largest absolute Gasteiger partial charge is 0.389 e. The lowest BCUT2D eigenvalue weighted by Gasteiger charge is -2.12. The molecule has 0 fully saturated rings. The van der Waals surface area contributed by atoms with Crippen molar-refractivity contribution in [2.24, 2.45) is 5.73 Å². The van der Waals surface area contributed by atoms with E-state index in [1.165, 1.54) is 0 Å². The van der Waals surface area contributed by atoms with Gasteiger partial charge in [-0.05, 0) is 12.5 Å². The first kappa shape index (κ1) is 15.8. The van der Waals surface area contributed by atoms with Crippen LogP contribution in [0.15, 0.2) is 24.3 Å². The third-order valence-electron chi connectivity index (χ3n) is 2.50. The van der Waals surface area contributed by atoms with Gasteiger partial charge in [0.1, 0.15) is 4.99 Å². The second-order valence-electron chi connectivity index (χ2n) is 4.45. The topological polar surface area (TPSA) is 72.2 Å². The minimum atomic E-state index is -0.910. The summed E-state index contributed by atoms with van der Waals surface area (Å²) in [5, 5.41) is 2.81. The van der Waals surface area contributed by atoms with E-state index in [4.69, 9.17) is 18.0 Å². The fourth-order valence-electron chi connectivity index (χ4n) is 1.69. The molecule has 0 saturated carbocycles. The van der Waals surface area contributed by atoms with Gasteiger partial charge < -0.3 is 11.1 Å². The smallest absolute Gasteiger partial charge is 0.224 e. The summed E-state index contributed by atoms with van der Waals surface area (Å²) in [5.74, 6) is 0.382. The highest BCUT2D eigenvalue weighted by Gasteiger charge is 2.09. The molecule has 0 saturated heterocycles. The number of amides is 1. The Morgan fingerprint density at radius 3 is 2.47 bits per heavy atom. The number of hydrogen-bond donors (Lipinski definition) is 2. The van der Waals surface area contributed by atoms with Crippen molar-refractivity contribution in [3.8, 4) is 0 Å². The molecule has 1 aromatic carbocycles. The van der Waals surface area contributed by atoms with Crippen LogP contribution in [0.3, 0.4) is 0 Å². The Labute approximate surface area is 121 Å². The summed E-state index contributed by atoms with van der Waals surface area (Å²) in [5.41, 5.74) is 7.18. The van der Waals surface area contributed by atoms with Gasteiger partial charge in [0.05, 0.1) is 6.42 Å². The molecule has 1 amide bonds.